The monoisotopic (exact) mass is 417 g/mol. The Morgan fingerprint density at radius 2 is 1.83 bits per heavy atom. The van der Waals surface area contributed by atoms with Crippen molar-refractivity contribution < 1.29 is 17.9 Å². The van der Waals surface area contributed by atoms with Crippen molar-refractivity contribution in [3.8, 4) is 5.75 Å². The number of rotatable bonds is 9. The topological polar surface area (TPSA) is 88.1 Å². The van der Waals surface area contributed by atoms with Crippen molar-refractivity contribution in [1.82, 2.24) is 5.43 Å². The number of hydrazone groups is 1. The minimum absolute atomic E-state index is 0.0874. The van der Waals surface area contributed by atoms with Gasteiger partial charge in [0.05, 0.1) is 24.3 Å². The highest BCUT2D eigenvalue weighted by atomic mass is 32.2. The van der Waals surface area contributed by atoms with Crippen molar-refractivity contribution in [3.63, 3.8) is 0 Å². The molecule has 0 saturated carbocycles. The van der Waals surface area contributed by atoms with Crippen LogP contribution in [0, 0.1) is 0 Å². The first-order valence-corrected chi connectivity index (χ1v) is 11.2. The molecule has 2 rings (SSSR count). The number of ether oxygens (including phenoxy) is 1. The van der Waals surface area contributed by atoms with Crippen LogP contribution in [0.2, 0.25) is 0 Å². The molecule has 0 atom stereocenters. The van der Waals surface area contributed by atoms with Gasteiger partial charge >= 0.3 is 0 Å². The summed E-state index contributed by atoms with van der Waals surface area (Å²) in [6, 6.07) is 14.4. The maximum absolute atomic E-state index is 12.3. The van der Waals surface area contributed by atoms with Crippen molar-refractivity contribution >= 4 is 27.8 Å². The van der Waals surface area contributed by atoms with Gasteiger partial charge in [-0.05, 0) is 61.7 Å². The number of nitrogens with one attached hydrogen (secondary N) is 1. The van der Waals surface area contributed by atoms with E-state index in [-0.39, 0.29) is 12.6 Å². The number of carbonyl (C=O) groups excluding carboxylic acids is 1. The summed E-state index contributed by atoms with van der Waals surface area (Å²) in [6.45, 7) is 5.47. The molecule has 0 aromatic heterocycles. The number of hydrogen-bond acceptors (Lipinski definition) is 5. The Kier molecular flexibility index (Phi) is 7.78. The molecule has 0 fully saturated rings. The predicted octanol–water partition coefficient (Wildman–Crippen LogP) is 2.95. The molecule has 0 spiro atoms. The summed E-state index contributed by atoms with van der Waals surface area (Å²) >= 11 is 0. The summed E-state index contributed by atoms with van der Waals surface area (Å²) in [7, 11) is -3.63. The van der Waals surface area contributed by atoms with Crippen LogP contribution in [-0.4, -0.2) is 39.4 Å². The molecule has 2 aromatic carbocycles. The van der Waals surface area contributed by atoms with Gasteiger partial charge < -0.3 is 4.74 Å². The summed E-state index contributed by atoms with van der Waals surface area (Å²) in [5.41, 5.74) is 4.50. The van der Waals surface area contributed by atoms with Crippen LogP contribution >= 0.6 is 0 Å². The normalized spacial score (nSPS) is 11.6. The lowest BCUT2D eigenvalue weighted by Gasteiger charge is -2.23. The number of amides is 1. The van der Waals surface area contributed by atoms with Gasteiger partial charge in [-0.1, -0.05) is 25.1 Å². The maximum atomic E-state index is 12.3. The molecule has 29 heavy (non-hydrogen) atoms. The van der Waals surface area contributed by atoms with Crippen molar-refractivity contribution in [2.24, 2.45) is 5.10 Å². The number of hydrogen-bond donors (Lipinski definition) is 1. The molecular weight excluding hydrogens is 390 g/mol. The lowest BCUT2D eigenvalue weighted by atomic mass is 10.1. The van der Waals surface area contributed by atoms with Crippen LogP contribution in [0.15, 0.2) is 53.6 Å². The van der Waals surface area contributed by atoms with Gasteiger partial charge in [0.1, 0.15) is 12.3 Å². The lowest BCUT2D eigenvalue weighted by Crippen LogP contribution is -2.39. The third-order valence-electron chi connectivity index (χ3n) is 3.98. The zero-order valence-electron chi connectivity index (χ0n) is 17.1. The van der Waals surface area contributed by atoms with Crippen LogP contribution < -0.4 is 14.5 Å². The van der Waals surface area contributed by atoms with E-state index in [1.165, 1.54) is 6.21 Å². The van der Waals surface area contributed by atoms with E-state index in [0.717, 1.165) is 27.4 Å². The Labute approximate surface area is 172 Å². The highest BCUT2D eigenvalue weighted by Gasteiger charge is 2.22. The Hall–Kier alpha value is -2.87. The summed E-state index contributed by atoms with van der Waals surface area (Å²) in [5.74, 6) is 0.219. The predicted molar refractivity (Wildman–Crippen MR) is 116 cm³/mol. The van der Waals surface area contributed by atoms with E-state index in [0.29, 0.717) is 12.1 Å². The molecule has 156 valence electrons. The fraction of sp³-hybridized carbons (Fsp3) is 0.333. The van der Waals surface area contributed by atoms with Gasteiger partial charge in [0, 0.05) is 0 Å². The number of para-hydroxylation sites is 1. The molecule has 1 N–H and O–H groups in total. The minimum atomic E-state index is -3.63. The molecule has 0 radical (unpaired) electrons. The van der Waals surface area contributed by atoms with Gasteiger partial charge in [-0.15, -0.1) is 0 Å². The molecule has 1 amide bonds. The van der Waals surface area contributed by atoms with E-state index in [1.807, 2.05) is 57.2 Å². The number of benzene rings is 2. The third-order valence-corrected chi connectivity index (χ3v) is 5.11. The van der Waals surface area contributed by atoms with Gasteiger partial charge in [0.2, 0.25) is 10.0 Å². The standard InChI is InChI=1S/C21H27N3O4S/c1-5-18-8-6-7-9-20(18)24(29(4,26)27)15-21(25)23-22-14-17-10-12-19(13-11-17)28-16(2)3/h6-14,16H,5,15H2,1-4H3,(H,23,25)/b22-14-. The Balaban J connectivity index is 2.04. The smallest absolute Gasteiger partial charge is 0.260 e. The Bertz CT molecular complexity index is 954. The first-order chi connectivity index (χ1) is 13.7. The second-order valence-corrected chi connectivity index (χ2v) is 8.69. The van der Waals surface area contributed by atoms with E-state index in [1.54, 1.807) is 12.1 Å². The Morgan fingerprint density at radius 1 is 1.17 bits per heavy atom. The van der Waals surface area contributed by atoms with Crippen molar-refractivity contribution in [3.05, 3.63) is 59.7 Å². The van der Waals surface area contributed by atoms with Crippen LogP contribution in [-0.2, 0) is 21.2 Å². The SMILES string of the molecule is CCc1ccccc1N(CC(=O)N/N=C\c1ccc(OC(C)C)cc1)S(C)(=O)=O. The van der Waals surface area contributed by atoms with Crippen LogP contribution in [0.3, 0.4) is 0 Å². The molecule has 0 heterocycles. The fourth-order valence-electron chi connectivity index (χ4n) is 2.68. The van der Waals surface area contributed by atoms with Gasteiger partial charge in [-0.2, -0.15) is 5.10 Å². The molecule has 7 nitrogen and oxygen atoms in total. The zero-order valence-corrected chi connectivity index (χ0v) is 17.9. The second-order valence-electron chi connectivity index (χ2n) is 6.78. The number of sulfonamides is 1. The molecule has 0 saturated heterocycles. The summed E-state index contributed by atoms with van der Waals surface area (Å²) in [4.78, 5) is 12.3. The summed E-state index contributed by atoms with van der Waals surface area (Å²) in [5, 5.41) is 3.92. The number of carbonyl (C=O) groups is 1. The lowest BCUT2D eigenvalue weighted by molar-refractivity contribution is -0.119. The molecule has 2 aromatic rings. The Morgan fingerprint density at radius 3 is 2.41 bits per heavy atom. The van der Waals surface area contributed by atoms with Crippen LogP contribution in [0.25, 0.3) is 0 Å². The average molecular weight is 418 g/mol. The maximum Gasteiger partial charge on any atom is 0.260 e. The summed E-state index contributed by atoms with van der Waals surface area (Å²) < 4.78 is 31.1. The molecule has 0 aliphatic heterocycles. The van der Waals surface area contributed by atoms with Crippen molar-refractivity contribution in [1.29, 1.82) is 0 Å². The van der Waals surface area contributed by atoms with Gasteiger partial charge in [-0.3, -0.25) is 9.10 Å². The first-order valence-electron chi connectivity index (χ1n) is 9.35. The molecule has 8 heteroatoms. The van der Waals surface area contributed by atoms with E-state index >= 15 is 0 Å². The van der Waals surface area contributed by atoms with Crippen molar-refractivity contribution in [2.45, 2.75) is 33.3 Å². The van der Waals surface area contributed by atoms with Gasteiger partial charge in [0.25, 0.3) is 5.91 Å². The minimum Gasteiger partial charge on any atom is -0.491 e. The van der Waals surface area contributed by atoms with Gasteiger partial charge in [0.15, 0.2) is 0 Å². The van der Waals surface area contributed by atoms with E-state index in [9.17, 15) is 13.2 Å². The number of aryl methyl sites for hydroxylation is 1. The summed E-state index contributed by atoms with van der Waals surface area (Å²) in [6.07, 6.45) is 3.31. The largest absolute Gasteiger partial charge is 0.491 e. The fourth-order valence-corrected chi connectivity index (χ4v) is 3.57. The van der Waals surface area contributed by atoms with Crippen LogP contribution in [0.4, 0.5) is 5.69 Å². The average Bonchev–Trinajstić information content (AvgIpc) is 2.66. The molecule has 0 aliphatic rings. The number of nitrogens with zero attached hydrogens (tertiary/aromatic N) is 2. The van der Waals surface area contributed by atoms with E-state index < -0.39 is 15.9 Å². The van der Waals surface area contributed by atoms with Crippen LogP contribution in [0.1, 0.15) is 31.9 Å². The quantitative estimate of drug-likeness (QED) is 0.502. The zero-order chi connectivity index (χ0) is 21.4. The highest BCUT2D eigenvalue weighted by molar-refractivity contribution is 7.92. The third kappa shape index (κ3) is 6.90. The molecule has 0 unspecified atom stereocenters. The number of anilines is 1. The van der Waals surface area contributed by atoms with Crippen molar-refractivity contribution in [2.75, 3.05) is 17.1 Å². The van der Waals surface area contributed by atoms with E-state index in [4.69, 9.17) is 4.74 Å². The molecule has 0 bridgehead atoms. The van der Waals surface area contributed by atoms with Crippen LogP contribution in [0.5, 0.6) is 5.75 Å². The first kappa shape index (κ1) is 22.4. The van der Waals surface area contributed by atoms with E-state index in [2.05, 4.69) is 10.5 Å². The highest BCUT2D eigenvalue weighted by Crippen LogP contribution is 2.23. The molecular formula is C21H27N3O4S. The van der Waals surface area contributed by atoms with Gasteiger partial charge in [-0.25, -0.2) is 13.8 Å². The molecule has 0 aliphatic carbocycles. The second kappa shape index (κ2) is 10.1.